The molecular weight excluding hydrogens is 256 g/mol. The number of hydrogen-bond donors (Lipinski definition) is 2. The van der Waals surface area contributed by atoms with Crippen LogP contribution in [0.5, 0.6) is 0 Å². The second kappa shape index (κ2) is 5.13. The summed E-state index contributed by atoms with van der Waals surface area (Å²) in [6.45, 7) is 2.60. The van der Waals surface area contributed by atoms with Gasteiger partial charge in [-0.3, -0.25) is 0 Å². The Morgan fingerprint density at radius 1 is 1.30 bits per heavy atom. The van der Waals surface area contributed by atoms with E-state index in [0.29, 0.717) is 35.6 Å². The first kappa shape index (κ1) is 12.9. The third-order valence-electron chi connectivity index (χ3n) is 3.32. The fraction of sp³-hybridized carbons (Fsp3) is 0.429. The van der Waals surface area contributed by atoms with Crippen molar-refractivity contribution in [3.63, 3.8) is 0 Å². The highest BCUT2D eigenvalue weighted by Crippen LogP contribution is 2.42. The molecule has 0 spiro atoms. The van der Waals surface area contributed by atoms with E-state index in [4.69, 9.17) is 20.7 Å². The highest BCUT2D eigenvalue weighted by molar-refractivity contribution is 5.67. The lowest BCUT2D eigenvalue weighted by molar-refractivity contribution is 0.0385. The van der Waals surface area contributed by atoms with Crippen LogP contribution in [0.4, 0.5) is 11.4 Å². The molecule has 1 atom stereocenters. The van der Waals surface area contributed by atoms with Crippen LogP contribution in [0.3, 0.4) is 0 Å². The summed E-state index contributed by atoms with van der Waals surface area (Å²) in [5.74, 6) is 1.53. The van der Waals surface area contributed by atoms with E-state index in [1.807, 2.05) is 6.92 Å². The molecule has 1 saturated carbocycles. The van der Waals surface area contributed by atoms with Crippen molar-refractivity contribution in [2.24, 2.45) is 5.92 Å². The van der Waals surface area contributed by atoms with Crippen molar-refractivity contribution in [1.82, 2.24) is 10.1 Å². The smallest absolute Gasteiger partial charge is 0.258 e. The van der Waals surface area contributed by atoms with Crippen molar-refractivity contribution in [1.29, 1.82) is 0 Å². The molecule has 1 aliphatic carbocycles. The van der Waals surface area contributed by atoms with Gasteiger partial charge in [0.2, 0.25) is 5.82 Å². The monoisotopic (exact) mass is 274 g/mol. The fourth-order valence-electron chi connectivity index (χ4n) is 2.27. The number of nitrogen functional groups attached to an aromatic ring is 2. The molecule has 2 aromatic rings. The molecule has 106 valence electrons. The summed E-state index contributed by atoms with van der Waals surface area (Å²) in [6, 6.07) is 5.22. The van der Waals surface area contributed by atoms with Gasteiger partial charge in [-0.25, -0.2) is 0 Å². The van der Waals surface area contributed by atoms with Crippen molar-refractivity contribution < 1.29 is 9.26 Å². The molecule has 0 amide bonds. The molecule has 1 aromatic carbocycles. The third kappa shape index (κ3) is 2.60. The Balaban J connectivity index is 1.88. The van der Waals surface area contributed by atoms with Gasteiger partial charge in [-0.05, 0) is 43.9 Å². The summed E-state index contributed by atoms with van der Waals surface area (Å²) < 4.78 is 11.0. The number of ether oxygens (including phenoxy) is 1. The lowest BCUT2D eigenvalue weighted by Gasteiger charge is -2.11. The maximum atomic E-state index is 5.77. The number of rotatable bonds is 5. The van der Waals surface area contributed by atoms with Crippen LogP contribution >= 0.6 is 0 Å². The summed E-state index contributed by atoms with van der Waals surface area (Å²) in [5, 5.41) is 4.04. The van der Waals surface area contributed by atoms with E-state index in [0.717, 1.165) is 18.4 Å². The maximum absolute atomic E-state index is 5.77. The Kier molecular flexibility index (Phi) is 3.31. The van der Waals surface area contributed by atoms with Gasteiger partial charge in [0.15, 0.2) is 0 Å². The van der Waals surface area contributed by atoms with Crippen molar-refractivity contribution in [3.05, 3.63) is 24.0 Å². The summed E-state index contributed by atoms with van der Waals surface area (Å²) in [6.07, 6.45) is 2.23. The fourth-order valence-corrected chi connectivity index (χ4v) is 2.27. The van der Waals surface area contributed by atoms with Crippen LogP contribution in [0.15, 0.2) is 22.7 Å². The average Bonchev–Trinajstić information content (AvgIpc) is 3.11. The minimum atomic E-state index is -0.0732. The molecular formula is C14H18N4O2. The van der Waals surface area contributed by atoms with Gasteiger partial charge in [0.1, 0.15) is 6.10 Å². The summed E-state index contributed by atoms with van der Waals surface area (Å²) in [5.41, 5.74) is 13.4. The van der Waals surface area contributed by atoms with Crippen LogP contribution in [-0.4, -0.2) is 16.7 Å². The van der Waals surface area contributed by atoms with Gasteiger partial charge in [0, 0.05) is 23.5 Å². The molecule has 6 nitrogen and oxygen atoms in total. The van der Waals surface area contributed by atoms with Gasteiger partial charge < -0.3 is 20.7 Å². The van der Waals surface area contributed by atoms with Crippen molar-refractivity contribution in [2.45, 2.75) is 25.9 Å². The van der Waals surface area contributed by atoms with Crippen molar-refractivity contribution in [3.8, 4) is 11.5 Å². The number of nitrogens with two attached hydrogens (primary N) is 2. The van der Waals surface area contributed by atoms with Crippen LogP contribution < -0.4 is 11.5 Å². The molecule has 0 bridgehead atoms. The second-order valence-electron chi connectivity index (χ2n) is 5.06. The molecule has 0 saturated heterocycles. The predicted molar refractivity (Wildman–Crippen MR) is 75.6 cm³/mol. The zero-order chi connectivity index (χ0) is 14.1. The minimum Gasteiger partial charge on any atom is -0.399 e. The molecule has 1 fully saturated rings. The number of nitrogens with zero attached hydrogens (tertiary/aromatic N) is 2. The molecule has 4 N–H and O–H groups in total. The van der Waals surface area contributed by atoms with Crippen LogP contribution in [0.2, 0.25) is 0 Å². The minimum absolute atomic E-state index is 0.0732. The Morgan fingerprint density at radius 3 is 2.60 bits per heavy atom. The standard InChI is InChI=1S/C14H18N4O2/c1-2-19-12(8-3-4-8)13-17-14(20-18-13)9-5-10(15)7-11(16)6-9/h5-8,12H,2-4,15-16H2,1H3. The lowest BCUT2D eigenvalue weighted by Crippen LogP contribution is -2.08. The second-order valence-corrected chi connectivity index (χ2v) is 5.06. The Morgan fingerprint density at radius 2 is 2.00 bits per heavy atom. The first-order valence-electron chi connectivity index (χ1n) is 6.79. The zero-order valence-corrected chi connectivity index (χ0v) is 11.4. The summed E-state index contributed by atoms with van der Waals surface area (Å²) in [7, 11) is 0. The Labute approximate surface area is 117 Å². The predicted octanol–water partition coefficient (Wildman–Crippen LogP) is 2.39. The first-order valence-corrected chi connectivity index (χ1v) is 6.79. The first-order chi connectivity index (χ1) is 9.67. The molecule has 6 heteroatoms. The van der Waals surface area contributed by atoms with Crippen molar-refractivity contribution >= 4 is 11.4 Å². The largest absolute Gasteiger partial charge is 0.399 e. The van der Waals surface area contributed by atoms with E-state index in [9.17, 15) is 0 Å². The van der Waals surface area contributed by atoms with Gasteiger partial charge in [-0.1, -0.05) is 5.16 Å². The topological polar surface area (TPSA) is 100 Å². The Bertz CT molecular complexity index is 587. The van der Waals surface area contributed by atoms with Gasteiger partial charge in [-0.15, -0.1) is 0 Å². The van der Waals surface area contributed by atoms with E-state index in [-0.39, 0.29) is 6.10 Å². The van der Waals surface area contributed by atoms with E-state index in [2.05, 4.69) is 10.1 Å². The quantitative estimate of drug-likeness (QED) is 0.812. The number of benzene rings is 1. The summed E-state index contributed by atoms with van der Waals surface area (Å²) in [4.78, 5) is 4.43. The van der Waals surface area contributed by atoms with Crippen LogP contribution in [0, 0.1) is 5.92 Å². The van der Waals surface area contributed by atoms with Gasteiger partial charge in [-0.2, -0.15) is 4.98 Å². The number of anilines is 2. The number of hydrogen-bond acceptors (Lipinski definition) is 6. The SMILES string of the molecule is CCOC(c1noc(-c2cc(N)cc(N)c2)n1)C1CC1. The molecule has 3 rings (SSSR count). The lowest BCUT2D eigenvalue weighted by atomic mass is 10.1. The van der Waals surface area contributed by atoms with Gasteiger partial charge >= 0.3 is 0 Å². The van der Waals surface area contributed by atoms with Gasteiger partial charge in [0.05, 0.1) is 0 Å². The van der Waals surface area contributed by atoms with Crippen LogP contribution in [0.25, 0.3) is 11.5 Å². The van der Waals surface area contributed by atoms with Crippen LogP contribution in [0.1, 0.15) is 31.7 Å². The molecule has 0 radical (unpaired) electrons. The highest BCUT2D eigenvalue weighted by Gasteiger charge is 2.36. The molecule has 1 heterocycles. The van der Waals surface area contributed by atoms with E-state index < -0.39 is 0 Å². The molecule has 1 aromatic heterocycles. The molecule has 20 heavy (non-hydrogen) atoms. The average molecular weight is 274 g/mol. The molecule has 1 aliphatic rings. The van der Waals surface area contributed by atoms with Crippen LogP contribution in [-0.2, 0) is 4.74 Å². The summed E-state index contributed by atoms with van der Waals surface area (Å²) >= 11 is 0. The van der Waals surface area contributed by atoms with E-state index in [1.54, 1.807) is 18.2 Å². The molecule has 1 unspecified atom stereocenters. The van der Waals surface area contributed by atoms with Crippen molar-refractivity contribution in [2.75, 3.05) is 18.1 Å². The zero-order valence-electron chi connectivity index (χ0n) is 11.4. The van der Waals surface area contributed by atoms with E-state index >= 15 is 0 Å². The van der Waals surface area contributed by atoms with Gasteiger partial charge in [0.25, 0.3) is 5.89 Å². The Hall–Kier alpha value is -2.08. The molecule has 0 aliphatic heterocycles. The third-order valence-corrected chi connectivity index (χ3v) is 3.32. The number of aromatic nitrogens is 2. The highest BCUT2D eigenvalue weighted by atomic mass is 16.5. The maximum Gasteiger partial charge on any atom is 0.258 e. The normalized spacial score (nSPS) is 16.2. The van der Waals surface area contributed by atoms with E-state index in [1.165, 1.54) is 0 Å².